The van der Waals surface area contributed by atoms with Crippen molar-refractivity contribution in [2.75, 3.05) is 0 Å². The molecule has 0 bridgehead atoms. The average Bonchev–Trinajstić information content (AvgIpc) is 2.80. The van der Waals surface area contributed by atoms with Crippen molar-refractivity contribution in [1.29, 1.82) is 0 Å². The summed E-state index contributed by atoms with van der Waals surface area (Å²) in [4.78, 5) is 11.8. The lowest BCUT2D eigenvalue weighted by Crippen LogP contribution is -2.04. The number of carbonyl (C=O) groups excluding carboxylic acids is 1. The van der Waals surface area contributed by atoms with Gasteiger partial charge in [0.2, 0.25) is 0 Å². The van der Waals surface area contributed by atoms with Crippen molar-refractivity contribution < 1.29 is 9.53 Å². The normalized spacial score (nSPS) is 11.1. The molecular formula is C29H49ClO2. The molecule has 0 radical (unpaired) electrons. The van der Waals surface area contributed by atoms with Crippen LogP contribution < -0.4 is 0 Å². The van der Waals surface area contributed by atoms with Crippen LogP contribution in [0.5, 0.6) is 0 Å². The predicted molar refractivity (Wildman–Crippen MR) is 139 cm³/mol. The van der Waals surface area contributed by atoms with Crippen molar-refractivity contribution in [2.24, 2.45) is 0 Å². The fourth-order valence-electron chi connectivity index (χ4n) is 4.16. The summed E-state index contributed by atoms with van der Waals surface area (Å²) in [7, 11) is 0. The number of hydrogen-bond acceptors (Lipinski definition) is 2. The molecule has 184 valence electrons. The SMILES string of the molecule is CCCCCCCCCCCCCCCCCCCCCC(=O)OCc1ccc(Cl)cc1. The summed E-state index contributed by atoms with van der Waals surface area (Å²) < 4.78 is 5.32. The number of halogens is 1. The van der Waals surface area contributed by atoms with Crippen molar-refractivity contribution in [3.63, 3.8) is 0 Å². The summed E-state index contributed by atoms with van der Waals surface area (Å²) in [6, 6.07) is 7.44. The largest absolute Gasteiger partial charge is 0.461 e. The van der Waals surface area contributed by atoms with E-state index in [0.717, 1.165) is 18.4 Å². The maximum absolute atomic E-state index is 11.8. The van der Waals surface area contributed by atoms with Gasteiger partial charge in [-0.1, -0.05) is 146 Å². The third kappa shape index (κ3) is 18.5. The van der Waals surface area contributed by atoms with E-state index < -0.39 is 0 Å². The highest BCUT2D eigenvalue weighted by atomic mass is 35.5. The molecule has 0 amide bonds. The number of unbranched alkanes of at least 4 members (excludes halogenated alkanes) is 18. The zero-order valence-corrected chi connectivity index (χ0v) is 21.6. The molecule has 0 saturated heterocycles. The van der Waals surface area contributed by atoms with Crippen LogP contribution in [0.15, 0.2) is 24.3 Å². The molecule has 1 aromatic rings. The van der Waals surface area contributed by atoms with E-state index in [-0.39, 0.29) is 5.97 Å². The molecule has 0 fully saturated rings. The van der Waals surface area contributed by atoms with E-state index in [1.165, 1.54) is 109 Å². The van der Waals surface area contributed by atoms with Gasteiger partial charge in [0.1, 0.15) is 6.61 Å². The number of ether oxygens (including phenoxy) is 1. The van der Waals surface area contributed by atoms with Gasteiger partial charge in [0, 0.05) is 11.4 Å². The van der Waals surface area contributed by atoms with E-state index in [1.807, 2.05) is 24.3 Å². The van der Waals surface area contributed by atoms with Crippen LogP contribution in [-0.2, 0) is 16.1 Å². The Morgan fingerprint density at radius 1 is 0.625 bits per heavy atom. The molecule has 0 spiro atoms. The van der Waals surface area contributed by atoms with Crippen molar-refractivity contribution >= 4 is 17.6 Å². The second-order valence-corrected chi connectivity index (χ2v) is 9.84. The quantitative estimate of drug-likeness (QED) is 0.126. The first-order chi connectivity index (χ1) is 15.7. The Kier molecular flexibility index (Phi) is 19.8. The molecular weight excluding hydrogens is 416 g/mol. The summed E-state index contributed by atoms with van der Waals surface area (Å²) >= 11 is 5.86. The lowest BCUT2D eigenvalue weighted by molar-refractivity contribution is -0.145. The topological polar surface area (TPSA) is 26.3 Å². The molecule has 2 nitrogen and oxygen atoms in total. The predicted octanol–water partition coefficient (Wildman–Crippen LogP) is 10.2. The van der Waals surface area contributed by atoms with Gasteiger partial charge in [0.15, 0.2) is 0 Å². The van der Waals surface area contributed by atoms with Gasteiger partial charge in [0.25, 0.3) is 0 Å². The van der Waals surface area contributed by atoms with Crippen molar-refractivity contribution in [1.82, 2.24) is 0 Å². The Hall–Kier alpha value is -1.02. The van der Waals surface area contributed by atoms with Gasteiger partial charge in [-0.25, -0.2) is 0 Å². The molecule has 0 heterocycles. The number of hydrogen-bond donors (Lipinski definition) is 0. The smallest absolute Gasteiger partial charge is 0.306 e. The first-order valence-corrected chi connectivity index (χ1v) is 14.0. The summed E-state index contributed by atoms with van der Waals surface area (Å²) in [6.07, 6.45) is 26.5. The molecule has 0 aliphatic rings. The number of carbonyl (C=O) groups is 1. The summed E-state index contributed by atoms with van der Waals surface area (Å²) in [5, 5.41) is 0.703. The van der Waals surface area contributed by atoms with Crippen molar-refractivity contribution in [3.05, 3.63) is 34.9 Å². The molecule has 0 aromatic heterocycles. The van der Waals surface area contributed by atoms with Gasteiger partial charge >= 0.3 is 5.97 Å². The van der Waals surface area contributed by atoms with Crippen LogP contribution in [0.3, 0.4) is 0 Å². The highest BCUT2D eigenvalue weighted by Crippen LogP contribution is 2.15. The molecule has 0 atom stereocenters. The average molecular weight is 465 g/mol. The van der Waals surface area contributed by atoms with Crippen molar-refractivity contribution in [2.45, 2.75) is 142 Å². The Morgan fingerprint density at radius 2 is 1.00 bits per heavy atom. The van der Waals surface area contributed by atoms with Gasteiger partial charge in [0.05, 0.1) is 0 Å². The molecule has 0 unspecified atom stereocenters. The maximum Gasteiger partial charge on any atom is 0.306 e. The van der Waals surface area contributed by atoms with Gasteiger partial charge in [-0.3, -0.25) is 4.79 Å². The van der Waals surface area contributed by atoms with Gasteiger partial charge in [-0.15, -0.1) is 0 Å². The zero-order chi connectivity index (χ0) is 23.1. The fourth-order valence-corrected chi connectivity index (χ4v) is 4.29. The third-order valence-electron chi connectivity index (χ3n) is 6.30. The molecule has 1 aromatic carbocycles. The van der Waals surface area contributed by atoms with E-state index in [4.69, 9.17) is 16.3 Å². The fraction of sp³-hybridized carbons (Fsp3) is 0.759. The summed E-state index contributed by atoms with van der Waals surface area (Å²) in [6.45, 7) is 2.63. The number of rotatable bonds is 22. The minimum atomic E-state index is -0.0908. The van der Waals surface area contributed by atoms with Crippen LogP contribution in [0.1, 0.15) is 141 Å². The van der Waals surface area contributed by atoms with Crippen molar-refractivity contribution in [3.8, 4) is 0 Å². The van der Waals surface area contributed by atoms with Crippen LogP contribution >= 0.6 is 11.6 Å². The second-order valence-electron chi connectivity index (χ2n) is 9.40. The van der Waals surface area contributed by atoms with E-state index in [2.05, 4.69) is 6.92 Å². The second kappa shape index (κ2) is 21.8. The molecule has 3 heteroatoms. The first-order valence-electron chi connectivity index (χ1n) is 13.6. The molecule has 0 N–H and O–H groups in total. The lowest BCUT2D eigenvalue weighted by atomic mass is 10.0. The first kappa shape index (κ1) is 29.0. The van der Waals surface area contributed by atoms with Crippen LogP contribution in [-0.4, -0.2) is 5.97 Å². The van der Waals surface area contributed by atoms with Crippen LogP contribution in [0.25, 0.3) is 0 Å². The maximum atomic E-state index is 11.8. The van der Waals surface area contributed by atoms with Crippen LogP contribution in [0.2, 0.25) is 5.02 Å². The summed E-state index contributed by atoms with van der Waals surface area (Å²) in [5.74, 6) is -0.0908. The Balaban J connectivity index is 1.74. The van der Waals surface area contributed by atoms with Crippen LogP contribution in [0.4, 0.5) is 0 Å². The Bertz CT molecular complexity index is 541. The van der Waals surface area contributed by atoms with Gasteiger partial charge in [-0.05, 0) is 24.1 Å². The zero-order valence-electron chi connectivity index (χ0n) is 20.9. The number of benzene rings is 1. The molecule has 1 rings (SSSR count). The highest BCUT2D eigenvalue weighted by molar-refractivity contribution is 6.30. The summed E-state index contributed by atoms with van der Waals surface area (Å²) in [5.41, 5.74) is 0.982. The van der Waals surface area contributed by atoms with E-state index in [0.29, 0.717) is 18.1 Å². The molecule has 0 aliphatic heterocycles. The molecule has 0 aliphatic carbocycles. The van der Waals surface area contributed by atoms with E-state index >= 15 is 0 Å². The Morgan fingerprint density at radius 3 is 1.41 bits per heavy atom. The van der Waals surface area contributed by atoms with Gasteiger partial charge in [-0.2, -0.15) is 0 Å². The standard InChI is InChI=1S/C29H49ClO2/c1-2-3-4-5-6-7-8-9-10-11-12-13-14-15-16-17-18-19-20-21-29(31)32-26-27-22-24-28(30)25-23-27/h22-25H,2-21,26H2,1H3. The monoisotopic (exact) mass is 464 g/mol. The molecule has 32 heavy (non-hydrogen) atoms. The van der Waals surface area contributed by atoms with E-state index in [9.17, 15) is 4.79 Å². The Labute approximate surface area is 203 Å². The lowest BCUT2D eigenvalue weighted by Gasteiger charge is -2.05. The third-order valence-corrected chi connectivity index (χ3v) is 6.55. The van der Waals surface area contributed by atoms with Gasteiger partial charge < -0.3 is 4.74 Å². The minimum absolute atomic E-state index is 0.0908. The molecule has 0 saturated carbocycles. The van der Waals surface area contributed by atoms with E-state index in [1.54, 1.807) is 0 Å². The highest BCUT2D eigenvalue weighted by Gasteiger charge is 2.03. The number of esters is 1. The van der Waals surface area contributed by atoms with Crippen LogP contribution in [0, 0.1) is 0 Å². The minimum Gasteiger partial charge on any atom is -0.461 e.